The Bertz CT molecular complexity index is 389. The highest BCUT2D eigenvalue weighted by atomic mass is 19.1. The molecule has 0 atom stereocenters. The zero-order chi connectivity index (χ0) is 7.84. The zero-order valence-electron chi connectivity index (χ0n) is 6.19. The molecule has 0 aliphatic heterocycles. The predicted molar refractivity (Wildman–Crippen MR) is 43.0 cm³/mol. The Kier molecular flexibility index (Phi) is 1.22. The van der Waals surface area contributed by atoms with Gasteiger partial charge in [0, 0.05) is 16.6 Å². The number of aromatic nitrogens is 1. The van der Waals surface area contributed by atoms with E-state index in [1.807, 2.05) is 19.1 Å². The normalized spacial score (nSPS) is 10.7. The molecular weight excluding hydrogens is 141 g/mol. The molecule has 0 aliphatic carbocycles. The molecule has 0 spiro atoms. The van der Waals surface area contributed by atoms with Crippen LogP contribution in [0.3, 0.4) is 0 Å². The van der Waals surface area contributed by atoms with Crippen molar-refractivity contribution in [2.45, 2.75) is 6.92 Å². The fourth-order valence-electron chi connectivity index (χ4n) is 1.26. The number of hydrogen-bond donors (Lipinski definition) is 1. The van der Waals surface area contributed by atoms with Crippen LogP contribution in [0.25, 0.3) is 10.9 Å². The van der Waals surface area contributed by atoms with E-state index in [0.29, 0.717) is 5.39 Å². The summed E-state index contributed by atoms with van der Waals surface area (Å²) in [5.74, 6) is -0.160. The molecule has 1 nitrogen and oxygen atoms in total. The number of aryl methyl sites for hydroxylation is 1. The topological polar surface area (TPSA) is 15.8 Å². The van der Waals surface area contributed by atoms with Gasteiger partial charge in [-0.25, -0.2) is 4.39 Å². The van der Waals surface area contributed by atoms with E-state index in [1.165, 1.54) is 6.07 Å². The van der Waals surface area contributed by atoms with E-state index in [1.54, 1.807) is 6.07 Å². The van der Waals surface area contributed by atoms with Gasteiger partial charge in [0.15, 0.2) is 0 Å². The Morgan fingerprint density at radius 1 is 1.36 bits per heavy atom. The smallest absolute Gasteiger partial charge is 0.132 e. The maximum absolute atomic E-state index is 13.0. The SMILES string of the molecule is Cc1cc2c(F)cccc2[nH]1. The molecule has 11 heavy (non-hydrogen) atoms. The summed E-state index contributed by atoms with van der Waals surface area (Å²) in [4.78, 5) is 3.06. The van der Waals surface area contributed by atoms with Crippen molar-refractivity contribution >= 4 is 10.9 Å². The second-order valence-electron chi connectivity index (χ2n) is 2.65. The molecule has 1 aromatic carbocycles. The molecule has 0 saturated carbocycles. The lowest BCUT2D eigenvalue weighted by Gasteiger charge is -1.88. The van der Waals surface area contributed by atoms with Crippen LogP contribution in [0, 0.1) is 12.7 Å². The van der Waals surface area contributed by atoms with Gasteiger partial charge in [-0.2, -0.15) is 0 Å². The second kappa shape index (κ2) is 2.09. The molecule has 0 amide bonds. The maximum atomic E-state index is 13.0. The summed E-state index contributed by atoms with van der Waals surface area (Å²) < 4.78 is 13.0. The van der Waals surface area contributed by atoms with E-state index in [4.69, 9.17) is 0 Å². The third-order valence-electron chi connectivity index (χ3n) is 1.75. The molecular formula is C9H8FN. The Balaban J connectivity index is 2.90. The van der Waals surface area contributed by atoms with Crippen LogP contribution in [0.4, 0.5) is 4.39 Å². The number of H-pyrrole nitrogens is 1. The van der Waals surface area contributed by atoms with Gasteiger partial charge in [-0.3, -0.25) is 0 Å². The van der Waals surface area contributed by atoms with Gasteiger partial charge in [0.25, 0.3) is 0 Å². The monoisotopic (exact) mass is 149 g/mol. The van der Waals surface area contributed by atoms with Gasteiger partial charge in [-0.1, -0.05) is 6.07 Å². The van der Waals surface area contributed by atoms with Crippen LogP contribution in [0.1, 0.15) is 5.69 Å². The number of aromatic amines is 1. The lowest BCUT2D eigenvalue weighted by Crippen LogP contribution is -1.72. The summed E-state index contributed by atoms with van der Waals surface area (Å²) in [6.45, 7) is 1.92. The van der Waals surface area contributed by atoms with E-state index in [-0.39, 0.29) is 5.82 Å². The van der Waals surface area contributed by atoms with E-state index < -0.39 is 0 Å². The predicted octanol–water partition coefficient (Wildman–Crippen LogP) is 2.62. The maximum Gasteiger partial charge on any atom is 0.132 e. The molecule has 56 valence electrons. The molecule has 1 aromatic heterocycles. The largest absolute Gasteiger partial charge is 0.359 e. The van der Waals surface area contributed by atoms with Crippen molar-refractivity contribution in [3.63, 3.8) is 0 Å². The Morgan fingerprint density at radius 2 is 2.18 bits per heavy atom. The summed E-state index contributed by atoms with van der Waals surface area (Å²) in [5, 5.41) is 0.671. The van der Waals surface area contributed by atoms with Crippen LogP contribution < -0.4 is 0 Å². The van der Waals surface area contributed by atoms with Crippen molar-refractivity contribution in [1.82, 2.24) is 4.98 Å². The zero-order valence-corrected chi connectivity index (χ0v) is 6.19. The lowest BCUT2D eigenvalue weighted by molar-refractivity contribution is 0.640. The summed E-state index contributed by atoms with van der Waals surface area (Å²) in [6, 6.07) is 6.85. The third kappa shape index (κ3) is 0.909. The molecule has 0 unspecified atom stereocenters. The van der Waals surface area contributed by atoms with Gasteiger partial charge in [-0.15, -0.1) is 0 Å². The van der Waals surface area contributed by atoms with Crippen molar-refractivity contribution in [2.24, 2.45) is 0 Å². The first-order valence-electron chi connectivity index (χ1n) is 3.51. The number of rotatable bonds is 0. The lowest BCUT2D eigenvalue weighted by atomic mass is 10.2. The minimum atomic E-state index is -0.160. The van der Waals surface area contributed by atoms with Crippen LogP contribution in [0.5, 0.6) is 0 Å². The van der Waals surface area contributed by atoms with Crippen LogP contribution in [0.2, 0.25) is 0 Å². The average molecular weight is 149 g/mol. The molecule has 0 radical (unpaired) electrons. The van der Waals surface area contributed by atoms with Crippen LogP contribution >= 0.6 is 0 Å². The van der Waals surface area contributed by atoms with Gasteiger partial charge in [0.05, 0.1) is 0 Å². The summed E-state index contributed by atoms with van der Waals surface area (Å²) in [6.07, 6.45) is 0. The van der Waals surface area contributed by atoms with Gasteiger partial charge in [0.2, 0.25) is 0 Å². The van der Waals surface area contributed by atoms with Crippen molar-refractivity contribution in [3.05, 3.63) is 35.8 Å². The molecule has 0 aliphatic rings. The minimum absolute atomic E-state index is 0.160. The highest BCUT2D eigenvalue weighted by molar-refractivity contribution is 5.80. The summed E-state index contributed by atoms with van der Waals surface area (Å²) >= 11 is 0. The van der Waals surface area contributed by atoms with Gasteiger partial charge in [-0.05, 0) is 25.1 Å². The third-order valence-corrected chi connectivity index (χ3v) is 1.75. The first-order chi connectivity index (χ1) is 5.27. The molecule has 1 N–H and O–H groups in total. The van der Waals surface area contributed by atoms with Crippen molar-refractivity contribution in [1.29, 1.82) is 0 Å². The van der Waals surface area contributed by atoms with E-state index in [9.17, 15) is 4.39 Å². The Hall–Kier alpha value is -1.31. The fourth-order valence-corrected chi connectivity index (χ4v) is 1.26. The standard InChI is InChI=1S/C9H8FN/c1-6-5-7-8(10)3-2-4-9(7)11-6/h2-5,11H,1H3. The number of hydrogen-bond acceptors (Lipinski definition) is 0. The van der Waals surface area contributed by atoms with Crippen molar-refractivity contribution in [3.8, 4) is 0 Å². The summed E-state index contributed by atoms with van der Waals surface area (Å²) in [7, 11) is 0. The van der Waals surface area contributed by atoms with Crippen molar-refractivity contribution in [2.75, 3.05) is 0 Å². The van der Waals surface area contributed by atoms with Gasteiger partial charge in [0.1, 0.15) is 5.82 Å². The number of nitrogens with one attached hydrogen (secondary N) is 1. The van der Waals surface area contributed by atoms with E-state index in [0.717, 1.165) is 11.2 Å². The number of benzene rings is 1. The quantitative estimate of drug-likeness (QED) is 0.592. The van der Waals surface area contributed by atoms with Crippen LogP contribution in [-0.2, 0) is 0 Å². The van der Waals surface area contributed by atoms with Crippen LogP contribution in [0.15, 0.2) is 24.3 Å². The molecule has 0 fully saturated rings. The molecule has 0 bridgehead atoms. The highest BCUT2D eigenvalue weighted by Gasteiger charge is 2.00. The van der Waals surface area contributed by atoms with E-state index in [2.05, 4.69) is 4.98 Å². The van der Waals surface area contributed by atoms with Gasteiger partial charge < -0.3 is 4.98 Å². The average Bonchev–Trinajstić information content (AvgIpc) is 2.31. The Labute approximate surface area is 63.9 Å². The number of halogens is 1. The Morgan fingerprint density at radius 3 is 2.91 bits per heavy atom. The second-order valence-corrected chi connectivity index (χ2v) is 2.65. The van der Waals surface area contributed by atoms with Gasteiger partial charge >= 0.3 is 0 Å². The first kappa shape index (κ1) is 6.40. The molecule has 2 aromatic rings. The number of fused-ring (bicyclic) bond motifs is 1. The molecule has 1 heterocycles. The van der Waals surface area contributed by atoms with Crippen LogP contribution in [-0.4, -0.2) is 4.98 Å². The first-order valence-corrected chi connectivity index (χ1v) is 3.51. The van der Waals surface area contributed by atoms with E-state index >= 15 is 0 Å². The minimum Gasteiger partial charge on any atom is -0.359 e. The van der Waals surface area contributed by atoms with Crippen molar-refractivity contribution < 1.29 is 4.39 Å². The fraction of sp³-hybridized carbons (Fsp3) is 0.111. The molecule has 0 saturated heterocycles. The highest BCUT2D eigenvalue weighted by Crippen LogP contribution is 2.17. The molecule has 2 rings (SSSR count). The summed E-state index contributed by atoms with van der Waals surface area (Å²) in [5.41, 5.74) is 1.85. The molecule has 2 heteroatoms.